The summed E-state index contributed by atoms with van der Waals surface area (Å²) in [5.41, 5.74) is 2.37. The van der Waals surface area contributed by atoms with Gasteiger partial charge in [0.1, 0.15) is 4.90 Å². The molecule has 0 radical (unpaired) electrons. The minimum atomic E-state index is -3.73. The van der Waals surface area contributed by atoms with Crippen LogP contribution in [-0.4, -0.2) is 36.2 Å². The van der Waals surface area contributed by atoms with Crippen molar-refractivity contribution in [2.45, 2.75) is 31.6 Å². The average Bonchev–Trinajstić information content (AvgIpc) is 2.85. The zero-order valence-corrected chi connectivity index (χ0v) is 13.6. The van der Waals surface area contributed by atoms with Gasteiger partial charge in [0.05, 0.1) is 22.6 Å². The molecule has 0 fully saturated rings. The summed E-state index contributed by atoms with van der Waals surface area (Å²) in [7, 11) is -3.73. The fraction of sp³-hybridized carbons (Fsp3) is 0.333. The first-order valence-corrected chi connectivity index (χ1v) is 8.67. The van der Waals surface area contributed by atoms with Gasteiger partial charge >= 0.3 is 5.97 Å². The lowest BCUT2D eigenvalue weighted by atomic mass is 10.0. The number of nitrogens with one attached hydrogen (secondary N) is 1. The number of aromatic nitrogens is 2. The van der Waals surface area contributed by atoms with Crippen molar-refractivity contribution in [2.24, 2.45) is 0 Å². The average molecular weight is 335 g/mol. The van der Waals surface area contributed by atoms with Gasteiger partial charge in [-0.25, -0.2) is 13.2 Å². The van der Waals surface area contributed by atoms with Crippen molar-refractivity contribution in [3.05, 3.63) is 40.7 Å². The lowest BCUT2D eigenvalue weighted by Crippen LogP contribution is -2.36. The van der Waals surface area contributed by atoms with E-state index in [2.05, 4.69) is 10.2 Å². The van der Waals surface area contributed by atoms with Crippen molar-refractivity contribution in [1.29, 1.82) is 0 Å². The lowest BCUT2D eigenvalue weighted by molar-refractivity contribution is 0.0696. The van der Waals surface area contributed by atoms with Crippen LogP contribution < -0.4 is 4.31 Å². The van der Waals surface area contributed by atoms with Gasteiger partial charge in [-0.3, -0.25) is 9.40 Å². The molecule has 0 bridgehead atoms. The molecule has 0 spiro atoms. The summed E-state index contributed by atoms with van der Waals surface area (Å²) < 4.78 is 27.4. The van der Waals surface area contributed by atoms with Crippen LogP contribution in [0.15, 0.2) is 23.1 Å². The molecule has 2 aromatic rings. The van der Waals surface area contributed by atoms with E-state index in [0.29, 0.717) is 36.5 Å². The lowest BCUT2D eigenvalue weighted by Gasteiger charge is -2.30. The van der Waals surface area contributed by atoms with E-state index in [1.807, 2.05) is 0 Å². The van der Waals surface area contributed by atoms with Gasteiger partial charge in [0.25, 0.3) is 10.0 Å². The predicted octanol–water partition coefficient (Wildman–Crippen LogP) is 1.87. The third-order valence-electron chi connectivity index (χ3n) is 4.01. The molecule has 1 aliphatic rings. The van der Waals surface area contributed by atoms with Crippen LogP contribution in [-0.2, 0) is 16.4 Å². The van der Waals surface area contributed by atoms with Gasteiger partial charge in [0, 0.05) is 6.54 Å². The summed E-state index contributed by atoms with van der Waals surface area (Å²) >= 11 is 0. The van der Waals surface area contributed by atoms with Crippen LogP contribution in [0, 0.1) is 13.8 Å². The molecule has 0 unspecified atom stereocenters. The van der Waals surface area contributed by atoms with Gasteiger partial charge < -0.3 is 5.11 Å². The van der Waals surface area contributed by atoms with Gasteiger partial charge in [0.2, 0.25) is 0 Å². The van der Waals surface area contributed by atoms with E-state index in [1.54, 1.807) is 26.0 Å². The molecule has 0 saturated carbocycles. The number of hydrogen-bond acceptors (Lipinski definition) is 4. The van der Waals surface area contributed by atoms with E-state index in [9.17, 15) is 13.2 Å². The Labute approximate surface area is 134 Å². The monoisotopic (exact) mass is 335 g/mol. The Morgan fingerprint density at radius 2 is 2.09 bits per heavy atom. The van der Waals surface area contributed by atoms with Crippen LogP contribution in [0.1, 0.15) is 33.7 Å². The number of aromatic carboxylic acids is 1. The largest absolute Gasteiger partial charge is 0.478 e. The number of rotatable bonds is 3. The molecule has 1 aliphatic heterocycles. The van der Waals surface area contributed by atoms with Crippen LogP contribution in [0.4, 0.5) is 5.69 Å². The highest BCUT2D eigenvalue weighted by atomic mass is 32.2. The number of sulfonamides is 1. The molecule has 2 N–H and O–H groups in total. The molecular formula is C15H17N3O4S. The van der Waals surface area contributed by atoms with Gasteiger partial charge in [0.15, 0.2) is 0 Å². The van der Waals surface area contributed by atoms with E-state index in [4.69, 9.17) is 5.11 Å². The highest BCUT2D eigenvalue weighted by Crippen LogP contribution is 2.34. The molecule has 1 aromatic heterocycles. The molecule has 0 atom stereocenters. The van der Waals surface area contributed by atoms with Crippen LogP contribution in [0.3, 0.4) is 0 Å². The van der Waals surface area contributed by atoms with Gasteiger partial charge in [-0.2, -0.15) is 5.10 Å². The fourth-order valence-corrected chi connectivity index (χ4v) is 4.85. The molecule has 122 valence electrons. The Hall–Kier alpha value is -2.35. The summed E-state index contributed by atoms with van der Waals surface area (Å²) in [6.45, 7) is 3.69. The second kappa shape index (κ2) is 5.38. The van der Waals surface area contributed by atoms with Gasteiger partial charge in [-0.15, -0.1) is 0 Å². The molecule has 0 amide bonds. The highest BCUT2D eigenvalue weighted by molar-refractivity contribution is 7.93. The molecule has 3 rings (SSSR count). The number of aryl methyl sites for hydroxylation is 3. The summed E-state index contributed by atoms with van der Waals surface area (Å²) in [5.74, 6) is -1.02. The van der Waals surface area contributed by atoms with E-state index >= 15 is 0 Å². The van der Waals surface area contributed by atoms with Gasteiger partial charge in [-0.05, 0) is 50.5 Å². The second-order valence-electron chi connectivity index (χ2n) is 5.59. The van der Waals surface area contributed by atoms with E-state index in [-0.39, 0.29) is 10.5 Å². The second-order valence-corrected chi connectivity index (χ2v) is 7.39. The summed E-state index contributed by atoms with van der Waals surface area (Å²) in [4.78, 5) is 11.3. The number of H-pyrrole nitrogens is 1. The van der Waals surface area contributed by atoms with E-state index in [0.717, 1.165) is 5.56 Å². The SMILES string of the molecule is Cc1n[nH]c(C)c1S(=O)(=O)N1CCCc2cc(C(=O)O)ccc21. The number of anilines is 1. The summed E-state index contributed by atoms with van der Waals surface area (Å²) in [5, 5.41) is 15.7. The molecule has 0 aliphatic carbocycles. The number of benzene rings is 1. The molecule has 23 heavy (non-hydrogen) atoms. The van der Waals surface area contributed by atoms with Crippen molar-refractivity contribution in [3.63, 3.8) is 0 Å². The van der Waals surface area contributed by atoms with Crippen LogP contribution in [0.5, 0.6) is 0 Å². The fourth-order valence-electron chi connectivity index (χ4n) is 2.98. The minimum Gasteiger partial charge on any atom is -0.478 e. The third kappa shape index (κ3) is 2.48. The zero-order chi connectivity index (χ0) is 16.8. The molecule has 2 heterocycles. The van der Waals surface area contributed by atoms with Crippen molar-refractivity contribution in [1.82, 2.24) is 10.2 Å². The Morgan fingerprint density at radius 1 is 1.35 bits per heavy atom. The maximum Gasteiger partial charge on any atom is 0.335 e. The summed E-state index contributed by atoms with van der Waals surface area (Å²) in [6.07, 6.45) is 1.30. The minimum absolute atomic E-state index is 0.165. The molecule has 1 aromatic carbocycles. The molecule has 8 heteroatoms. The number of nitrogens with zero attached hydrogens (tertiary/aromatic N) is 2. The van der Waals surface area contributed by atoms with Crippen molar-refractivity contribution in [2.75, 3.05) is 10.8 Å². The normalized spacial score (nSPS) is 14.6. The van der Waals surface area contributed by atoms with E-state index in [1.165, 1.54) is 10.4 Å². The number of fused-ring (bicyclic) bond motifs is 1. The summed E-state index contributed by atoms with van der Waals surface area (Å²) in [6, 6.07) is 4.55. The Morgan fingerprint density at radius 3 is 2.70 bits per heavy atom. The first kappa shape index (κ1) is 15.5. The number of carbonyl (C=O) groups is 1. The highest BCUT2D eigenvalue weighted by Gasteiger charge is 2.33. The zero-order valence-electron chi connectivity index (χ0n) is 12.8. The Kier molecular flexibility index (Phi) is 3.63. The molecular weight excluding hydrogens is 318 g/mol. The predicted molar refractivity (Wildman–Crippen MR) is 84.3 cm³/mol. The maximum absolute atomic E-state index is 13.0. The van der Waals surface area contributed by atoms with Crippen molar-refractivity contribution >= 4 is 21.7 Å². The number of aromatic amines is 1. The smallest absolute Gasteiger partial charge is 0.335 e. The van der Waals surface area contributed by atoms with Crippen LogP contribution >= 0.6 is 0 Å². The molecule has 0 saturated heterocycles. The standard InChI is InChI=1S/C15H17N3O4S/c1-9-14(10(2)17-16-9)23(21,22)18-7-3-4-11-8-12(15(19)20)5-6-13(11)18/h5-6,8H,3-4,7H2,1-2H3,(H,16,17)(H,19,20). The molecule has 7 nitrogen and oxygen atoms in total. The quantitative estimate of drug-likeness (QED) is 0.891. The van der Waals surface area contributed by atoms with E-state index < -0.39 is 16.0 Å². The number of hydrogen-bond donors (Lipinski definition) is 2. The van der Waals surface area contributed by atoms with Crippen LogP contribution in [0.25, 0.3) is 0 Å². The first-order valence-electron chi connectivity index (χ1n) is 7.23. The maximum atomic E-state index is 13.0. The Balaban J connectivity index is 2.12. The van der Waals surface area contributed by atoms with Crippen molar-refractivity contribution < 1.29 is 18.3 Å². The Bertz CT molecular complexity index is 867. The topological polar surface area (TPSA) is 103 Å². The van der Waals surface area contributed by atoms with Crippen LogP contribution in [0.2, 0.25) is 0 Å². The van der Waals surface area contributed by atoms with Crippen molar-refractivity contribution in [3.8, 4) is 0 Å². The number of carboxylic acid groups (broad SMARTS) is 1. The third-order valence-corrected chi connectivity index (χ3v) is 6.09. The first-order chi connectivity index (χ1) is 10.8. The number of carboxylic acids is 1. The van der Waals surface area contributed by atoms with Gasteiger partial charge in [-0.1, -0.05) is 0 Å².